The van der Waals surface area contributed by atoms with E-state index in [9.17, 15) is 9.90 Å². The van der Waals surface area contributed by atoms with Crippen LogP contribution in [0.2, 0.25) is 0 Å². The van der Waals surface area contributed by atoms with Crippen LogP contribution in [0, 0.1) is 0 Å². The maximum absolute atomic E-state index is 11.9. The molecule has 0 radical (unpaired) electrons. The first-order valence-corrected chi connectivity index (χ1v) is 6.82. The van der Waals surface area contributed by atoms with Crippen LogP contribution in [-0.4, -0.2) is 46.6 Å². The molecule has 2 fully saturated rings. The predicted molar refractivity (Wildman–Crippen MR) is 71.7 cm³/mol. The molecule has 2 aliphatic rings. The number of benzene rings is 1. The molecule has 3 unspecified atom stereocenters. The van der Waals surface area contributed by atoms with Crippen molar-refractivity contribution in [3.8, 4) is 0 Å². The molecule has 1 aromatic rings. The summed E-state index contributed by atoms with van der Waals surface area (Å²) in [5, 5.41) is 9.93. The second-order valence-electron chi connectivity index (χ2n) is 5.75. The Labute approximate surface area is 118 Å². The Morgan fingerprint density at radius 1 is 1.35 bits per heavy atom. The van der Waals surface area contributed by atoms with Crippen molar-refractivity contribution in [2.75, 3.05) is 6.61 Å². The first-order chi connectivity index (χ1) is 9.48. The van der Waals surface area contributed by atoms with Crippen LogP contribution in [-0.2, 0) is 20.8 Å². The monoisotopic (exact) mass is 277 g/mol. The molecule has 0 saturated carbocycles. The third-order valence-corrected chi connectivity index (χ3v) is 3.83. The summed E-state index contributed by atoms with van der Waals surface area (Å²) in [6, 6.07) is 9.40. The Morgan fingerprint density at radius 2 is 2.05 bits per heavy atom. The fourth-order valence-electron chi connectivity index (χ4n) is 2.80. The highest BCUT2D eigenvalue weighted by molar-refractivity contribution is 5.88. The van der Waals surface area contributed by atoms with Gasteiger partial charge in [0, 0.05) is 6.54 Å². The first-order valence-electron chi connectivity index (χ1n) is 6.82. The van der Waals surface area contributed by atoms with Crippen molar-refractivity contribution in [3.05, 3.63) is 35.9 Å². The minimum Gasteiger partial charge on any atom is -0.381 e. The highest BCUT2D eigenvalue weighted by Crippen LogP contribution is 2.33. The molecule has 0 aromatic heterocycles. The topological polar surface area (TPSA) is 59.0 Å². The molecule has 2 heterocycles. The van der Waals surface area contributed by atoms with Crippen molar-refractivity contribution >= 4 is 5.91 Å². The number of β-lactam (4-membered cyclic amide) rings is 1. The lowest BCUT2D eigenvalue weighted by molar-refractivity contribution is -0.190. The maximum Gasteiger partial charge on any atom is 0.254 e. The maximum atomic E-state index is 11.9. The number of likely N-dealkylation sites (tertiary alicyclic amines) is 1. The lowest BCUT2D eigenvalue weighted by Gasteiger charge is -2.46. The molecule has 1 N–H and O–H groups in total. The van der Waals surface area contributed by atoms with Crippen LogP contribution in [0.25, 0.3) is 0 Å². The van der Waals surface area contributed by atoms with E-state index < -0.39 is 11.9 Å². The van der Waals surface area contributed by atoms with Gasteiger partial charge < -0.3 is 19.5 Å². The summed E-state index contributed by atoms with van der Waals surface area (Å²) in [6.45, 7) is 4.55. The molecule has 5 nitrogen and oxygen atoms in total. The number of ether oxygens (including phenoxy) is 2. The number of amides is 1. The summed E-state index contributed by atoms with van der Waals surface area (Å²) >= 11 is 0. The van der Waals surface area contributed by atoms with Gasteiger partial charge in [-0.05, 0) is 19.4 Å². The lowest BCUT2D eigenvalue weighted by atomic mass is 9.92. The minimum absolute atomic E-state index is 0.243. The fraction of sp³-hybridized carbons (Fsp3) is 0.533. The number of nitrogens with zero attached hydrogens (tertiary/aromatic N) is 1. The molecule has 2 saturated heterocycles. The molecule has 1 aromatic carbocycles. The molecule has 3 rings (SSSR count). The van der Waals surface area contributed by atoms with Crippen LogP contribution >= 0.6 is 0 Å². The molecule has 0 spiro atoms. The molecule has 5 heteroatoms. The van der Waals surface area contributed by atoms with Crippen molar-refractivity contribution in [2.45, 2.75) is 44.4 Å². The smallest absolute Gasteiger partial charge is 0.254 e. The minimum atomic E-state index is -0.985. The van der Waals surface area contributed by atoms with Gasteiger partial charge in [0.25, 0.3) is 5.91 Å². The summed E-state index contributed by atoms with van der Waals surface area (Å²) in [5.41, 5.74) is 1.04. The molecule has 2 aliphatic heterocycles. The van der Waals surface area contributed by atoms with E-state index in [2.05, 4.69) is 0 Å². The van der Waals surface area contributed by atoms with E-state index in [4.69, 9.17) is 9.47 Å². The van der Waals surface area contributed by atoms with E-state index in [1.165, 1.54) is 0 Å². The lowest BCUT2D eigenvalue weighted by Crippen LogP contribution is -2.69. The Hall–Kier alpha value is -1.43. The van der Waals surface area contributed by atoms with E-state index in [-0.39, 0.29) is 18.1 Å². The molecular weight excluding hydrogens is 258 g/mol. The summed E-state index contributed by atoms with van der Waals surface area (Å²) in [5.74, 6) is -0.895. The number of hydrogen-bond acceptors (Lipinski definition) is 4. The van der Waals surface area contributed by atoms with Crippen LogP contribution in [0.15, 0.2) is 30.3 Å². The fourth-order valence-corrected chi connectivity index (χ4v) is 2.80. The van der Waals surface area contributed by atoms with Crippen LogP contribution < -0.4 is 0 Å². The Morgan fingerprint density at radius 3 is 2.65 bits per heavy atom. The second kappa shape index (κ2) is 4.84. The number of rotatable bonds is 3. The van der Waals surface area contributed by atoms with Gasteiger partial charge in [-0.3, -0.25) is 4.79 Å². The summed E-state index contributed by atoms with van der Waals surface area (Å²) in [6.07, 6.45) is -1.26. The molecule has 20 heavy (non-hydrogen) atoms. The standard InChI is InChI=1S/C15H19NO4/c1-15(2)19-9-11(20-15)12-13(17)14(18)16(12)8-10-6-4-3-5-7-10/h3-7,11-13,17H,8-9H2,1-2H3. The van der Waals surface area contributed by atoms with E-state index in [1.54, 1.807) is 4.90 Å². The zero-order valence-corrected chi connectivity index (χ0v) is 11.7. The van der Waals surface area contributed by atoms with Crippen LogP contribution in [0.5, 0.6) is 0 Å². The number of aliphatic hydroxyl groups excluding tert-OH is 1. The Balaban J connectivity index is 1.72. The van der Waals surface area contributed by atoms with Crippen LogP contribution in [0.4, 0.5) is 0 Å². The molecular formula is C15H19NO4. The molecule has 108 valence electrons. The highest BCUT2D eigenvalue weighted by atomic mass is 16.7. The number of hydrogen-bond donors (Lipinski definition) is 1. The average molecular weight is 277 g/mol. The summed E-state index contributed by atoms with van der Waals surface area (Å²) in [7, 11) is 0. The van der Waals surface area contributed by atoms with Crippen molar-refractivity contribution in [1.29, 1.82) is 0 Å². The molecule has 3 atom stereocenters. The summed E-state index contributed by atoms with van der Waals surface area (Å²) < 4.78 is 11.3. The zero-order chi connectivity index (χ0) is 14.3. The van der Waals surface area contributed by atoms with E-state index >= 15 is 0 Å². The number of carbonyl (C=O) groups is 1. The number of carbonyl (C=O) groups excluding carboxylic acids is 1. The van der Waals surface area contributed by atoms with E-state index in [1.807, 2.05) is 44.2 Å². The van der Waals surface area contributed by atoms with Crippen molar-refractivity contribution in [2.24, 2.45) is 0 Å². The second-order valence-corrected chi connectivity index (χ2v) is 5.75. The first kappa shape index (κ1) is 13.5. The highest BCUT2D eigenvalue weighted by Gasteiger charge is 2.53. The molecule has 0 aliphatic carbocycles. The summed E-state index contributed by atoms with van der Waals surface area (Å²) in [4.78, 5) is 13.5. The van der Waals surface area contributed by atoms with Gasteiger partial charge in [0.05, 0.1) is 12.6 Å². The van der Waals surface area contributed by atoms with Gasteiger partial charge in [-0.25, -0.2) is 0 Å². The number of aliphatic hydroxyl groups is 1. The van der Waals surface area contributed by atoms with Gasteiger partial charge in [0.1, 0.15) is 6.10 Å². The quantitative estimate of drug-likeness (QED) is 0.834. The largest absolute Gasteiger partial charge is 0.381 e. The van der Waals surface area contributed by atoms with Crippen molar-refractivity contribution in [1.82, 2.24) is 4.90 Å². The van der Waals surface area contributed by atoms with Gasteiger partial charge in [-0.15, -0.1) is 0 Å². The Bertz CT molecular complexity index is 502. The normalized spacial score (nSPS) is 32.2. The van der Waals surface area contributed by atoms with Crippen LogP contribution in [0.3, 0.4) is 0 Å². The van der Waals surface area contributed by atoms with E-state index in [0.29, 0.717) is 13.2 Å². The predicted octanol–water partition coefficient (Wildman–Crippen LogP) is 0.910. The third-order valence-electron chi connectivity index (χ3n) is 3.83. The van der Waals surface area contributed by atoms with Gasteiger partial charge >= 0.3 is 0 Å². The zero-order valence-electron chi connectivity index (χ0n) is 11.7. The van der Waals surface area contributed by atoms with E-state index in [0.717, 1.165) is 5.56 Å². The Kier molecular flexibility index (Phi) is 3.28. The van der Waals surface area contributed by atoms with Crippen LogP contribution in [0.1, 0.15) is 19.4 Å². The van der Waals surface area contributed by atoms with Gasteiger partial charge in [0.15, 0.2) is 11.9 Å². The van der Waals surface area contributed by atoms with Crippen molar-refractivity contribution in [3.63, 3.8) is 0 Å². The third kappa shape index (κ3) is 2.32. The van der Waals surface area contributed by atoms with Gasteiger partial charge in [-0.1, -0.05) is 30.3 Å². The molecule has 1 amide bonds. The average Bonchev–Trinajstić information content (AvgIpc) is 2.78. The molecule has 0 bridgehead atoms. The van der Waals surface area contributed by atoms with Gasteiger partial charge in [-0.2, -0.15) is 0 Å². The van der Waals surface area contributed by atoms with Gasteiger partial charge in [0.2, 0.25) is 0 Å². The van der Waals surface area contributed by atoms with Crippen molar-refractivity contribution < 1.29 is 19.4 Å². The SMILES string of the molecule is CC1(C)OCC(C2C(O)C(=O)N2Cc2ccccc2)O1.